The van der Waals surface area contributed by atoms with Crippen molar-refractivity contribution in [3.8, 4) is 0 Å². The molecule has 1 aliphatic heterocycles. The van der Waals surface area contributed by atoms with Crippen molar-refractivity contribution in [3.63, 3.8) is 0 Å². The molecule has 0 aromatic heterocycles. The van der Waals surface area contributed by atoms with Crippen LogP contribution < -0.4 is 0 Å². The maximum atomic E-state index is 11.1. The van der Waals surface area contributed by atoms with Crippen molar-refractivity contribution < 1.29 is 13.2 Å². The second-order valence-corrected chi connectivity index (χ2v) is 5.23. The summed E-state index contributed by atoms with van der Waals surface area (Å²) in [5.41, 5.74) is 0. The minimum atomic E-state index is -3.00. The zero-order chi connectivity index (χ0) is 9.90. The fourth-order valence-electron chi connectivity index (χ4n) is 0.940. The number of carbonyl (C=O) groups excluding carboxylic acids is 1. The zero-order valence-corrected chi connectivity index (χ0v) is 8.25. The molecular weight excluding hydrogens is 192 g/mol. The van der Waals surface area contributed by atoms with Crippen LogP contribution in [0.3, 0.4) is 0 Å². The van der Waals surface area contributed by atoms with Gasteiger partial charge in [0.1, 0.15) is 0 Å². The van der Waals surface area contributed by atoms with Crippen molar-refractivity contribution in [2.75, 3.05) is 18.1 Å². The molecule has 1 aliphatic rings. The highest BCUT2D eigenvalue weighted by Crippen LogP contribution is 2.02. The first-order chi connectivity index (χ1) is 6.05. The summed E-state index contributed by atoms with van der Waals surface area (Å²) in [4.78, 5) is 11.0. The second-order valence-electron chi connectivity index (χ2n) is 2.76. The normalized spacial score (nSPS) is 17.0. The van der Waals surface area contributed by atoms with Crippen LogP contribution in [-0.4, -0.2) is 43.6 Å². The van der Waals surface area contributed by atoms with E-state index in [4.69, 9.17) is 0 Å². The summed E-state index contributed by atoms with van der Waals surface area (Å²) in [7, 11) is -3.00. The number of amides is 1. The molecule has 0 aromatic rings. The highest BCUT2D eigenvalue weighted by atomic mass is 32.2. The predicted octanol–water partition coefficient (Wildman–Crippen LogP) is -0.361. The van der Waals surface area contributed by atoms with Crippen molar-refractivity contribution in [1.29, 1.82) is 0 Å². The molecule has 13 heavy (non-hydrogen) atoms. The highest BCUT2D eigenvalue weighted by molar-refractivity contribution is 7.91. The first-order valence-electron chi connectivity index (χ1n) is 4.08. The van der Waals surface area contributed by atoms with E-state index in [9.17, 15) is 13.2 Å². The Kier molecular flexibility index (Phi) is 3.02. The largest absolute Gasteiger partial charge is 0.273 e. The van der Waals surface area contributed by atoms with Gasteiger partial charge in [-0.1, -0.05) is 6.92 Å². The van der Waals surface area contributed by atoms with Gasteiger partial charge in [0.25, 0.3) is 0 Å². The monoisotopic (exact) mass is 204 g/mol. The Hall–Kier alpha value is -0.910. The average Bonchev–Trinajstić information content (AvgIpc) is 2.48. The number of rotatable bonds is 4. The van der Waals surface area contributed by atoms with Gasteiger partial charge in [0.05, 0.1) is 18.7 Å². The Morgan fingerprint density at radius 1 is 1.62 bits per heavy atom. The molecule has 1 heterocycles. The van der Waals surface area contributed by atoms with Crippen molar-refractivity contribution in [2.24, 2.45) is 5.10 Å². The van der Waals surface area contributed by atoms with Gasteiger partial charge in [-0.15, -0.1) is 0 Å². The Morgan fingerprint density at radius 3 is 2.77 bits per heavy atom. The lowest BCUT2D eigenvalue weighted by atomic mass is 10.4. The molecule has 0 unspecified atom stereocenters. The van der Waals surface area contributed by atoms with Gasteiger partial charge < -0.3 is 0 Å². The summed E-state index contributed by atoms with van der Waals surface area (Å²) in [6.07, 6.45) is 1.77. The maximum absolute atomic E-state index is 11.1. The van der Waals surface area contributed by atoms with Gasteiger partial charge in [0.15, 0.2) is 9.84 Å². The first-order valence-corrected chi connectivity index (χ1v) is 5.90. The molecule has 0 saturated carbocycles. The average molecular weight is 204 g/mol. The topological polar surface area (TPSA) is 66.8 Å². The van der Waals surface area contributed by atoms with Gasteiger partial charge in [-0.25, -0.2) is 13.4 Å². The van der Waals surface area contributed by atoms with Crippen molar-refractivity contribution >= 4 is 22.0 Å². The van der Waals surface area contributed by atoms with Crippen molar-refractivity contribution in [1.82, 2.24) is 5.01 Å². The molecule has 0 atom stereocenters. The molecule has 0 radical (unpaired) electrons. The van der Waals surface area contributed by atoms with E-state index in [1.807, 2.05) is 0 Å². The van der Waals surface area contributed by atoms with E-state index in [1.165, 1.54) is 11.2 Å². The molecular formula is C7H12N2O3S. The van der Waals surface area contributed by atoms with Crippen LogP contribution in [-0.2, 0) is 14.6 Å². The van der Waals surface area contributed by atoms with Gasteiger partial charge >= 0.3 is 0 Å². The molecule has 0 aromatic carbocycles. The zero-order valence-electron chi connectivity index (χ0n) is 7.43. The van der Waals surface area contributed by atoms with Gasteiger partial charge in [-0.2, -0.15) is 5.10 Å². The lowest BCUT2D eigenvalue weighted by Crippen LogP contribution is -2.27. The van der Waals surface area contributed by atoms with Crippen LogP contribution in [0.2, 0.25) is 0 Å². The van der Waals surface area contributed by atoms with E-state index in [0.29, 0.717) is 0 Å². The Morgan fingerprint density at radius 2 is 2.31 bits per heavy atom. The minimum absolute atomic E-state index is 0.00736. The van der Waals surface area contributed by atoms with Crippen LogP contribution in [0.5, 0.6) is 0 Å². The SMILES string of the molecule is CCS(=O)(=O)CCN1N=CCC1=O. The number of nitrogens with zero attached hydrogens (tertiary/aromatic N) is 2. The van der Waals surface area contributed by atoms with Crippen molar-refractivity contribution in [3.05, 3.63) is 0 Å². The number of sulfone groups is 1. The molecule has 0 fully saturated rings. The predicted molar refractivity (Wildman–Crippen MR) is 49.1 cm³/mol. The van der Waals surface area contributed by atoms with E-state index >= 15 is 0 Å². The quantitative estimate of drug-likeness (QED) is 0.628. The third kappa shape index (κ3) is 2.80. The Balaban J connectivity index is 2.43. The lowest BCUT2D eigenvalue weighted by molar-refractivity contribution is -0.128. The molecule has 1 rings (SSSR count). The van der Waals surface area contributed by atoms with Crippen LogP contribution in [0.4, 0.5) is 0 Å². The van der Waals surface area contributed by atoms with Gasteiger partial charge in [0.2, 0.25) is 5.91 Å². The maximum Gasteiger partial charge on any atom is 0.248 e. The summed E-state index contributed by atoms with van der Waals surface area (Å²) in [6.45, 7) is 1.76. The molecule has 1 amide bonds. The summed E-state index contributed by atoms with van der Waals surface area (Å²) >= 11 is 0. The van der Waals surface area contributed by atoms with E-state index in [-0.39, 0.29) is 30.4 Å². The van der Waals surface area contributed by atoms with E-state index in [2.05, 4.69) is 5.10 Å². The van der Waals surface area contributed by atoms with Gasteiger partial charge in [-0.05, 0) is 0 Å². The molecule has 0 spiro atoms. The van der Waals surface area contributed by atoms with E-state index in [1.54, 1.807) is 6.92 Å². The Bertz CT molecular complexity index is 321. The van der Waals surface area contributed by atoms with E-state index < -0.39 is 9.84 Å². The van der Waals surface area contributed by atoms with Crippen LogP contribution in [0.15, 0.2) is 5.10 Å². The summed E-state index contributed by atoms with van der Waals surface area (Å²) in [6, 6.07) is 0. The summed E-state index contributed by atoms with van der Waals surface area (Å²) < 4.78 is 22.1. The smallest absolute Gasteiger partial charge is 0.248 e. The van der Waals surface area contributed by atoms with Crippen molar-refractivity contribution in [2.45, 2.75) is 13.3 Å². The Labute approximate surface area is 77.3 Å². The molecule has 6 heteroatoms. The fraction of sp³-hybridized carbons (Fsp3) is 0.714. The van der Waals surface area contributed by atoms with Crippen LogP contribution in [0.1, 0.15) is 13.3 Å². The summed E-state index contributed by atoms with van der Waals surface area (Å²) in [5.74, 6) is -0.0305. The summed E-state index contributed by atoms with van der Waals surface area (Å²) in [5, 5.41) is 4.95. The molecule has 0 N–H and O–H groups in total. The third-order valence-electron chi connectivity index (χ3n) is 1.83. The third-order valence-corrected chi connectivity index (χ3v) is 3.51. The standard InChI is InChI=1S/C7H12N2O3S/c1-2-13(11,12)6-5-9-7(10)3-4-8-9/h4H,2-3,5-6H2,1H3. The molecule has 5 nitrogen and oxygen atoms in total. The van der Waals surface area contributed by atoms with Gasteiger partial charge in [-0.3, -0.25) is 4.79 Å². The number of hydrogen-bond donors (Lipinski definition) is 0. The van der Waals surface area contributed by atoms with Crippen LogP contribution >= 0.6 is 0 Å². The molecule has 0 saturated heterocycles. The molecule has 0 aliphatic carbocycles. The lowest BCUT2D eigenvalue weighted by Gasteiger charge is -2.10. The highest BCUT2D eigenvalue weighted by Gasteiger charge is 2.18. The number of carbonyl (C=O) groups is 1. The number of hydrogen-bond acceptors (Lipinski definition) is 4. The molecule has 74 valence electrons. The number of hydrazone groups is 1. The van der Waals surface area contributed by atoms with E-state index in [0.717, 1.165) is 0 Å². The second kappa shape index (κ2) is 3.87. The van der Waals surface area contributed by atoms with Gasteiger partial charge in [0, 0.05) is 12.0 Å². The van der Waals surface area contributed by atoms with Crippen LogP contribution in [0, 0.1) is 0 Å². The molecule has 0 bridgehead atoms. The minimum Gasteiger partial charge on any atom is -0.273 e. The fourth-order valence-corrected chi connectivity index (χ4v) is 1.68. The van der Waals surface area contributed by atoms with Crippen LogP contribution in [0.25, 0.3) is 0 Å². The first kappa shape index (κ1) is 10.2.